The summed E-state index contributed by atoms with van der Waals surface area (Å²) in [5.41, 5.74) is 0. The minimum absolute atomic E-state index is 0. The summed E-state index contributed by atoms with van der Waals surface area (Å²) in [6, 6.07) is -0.438. The van der Waals surface area contributed by atoms with Gasteiger partial charge >= 0.3 is 0 Å². The molecule has 0 amide bonds. The van der Waals surface area contributed by atoms with Crippen LogP contribution in [0.15, 0.2) is 0 Å². The Kier molecular flexibility index (Phi) is 8.85. The Balaban J connectivity index is 0. The zero-order chi connectivity index (χ0) is 7.72. The van der Waals surface area contributed by atoms with Crippen LogP contribution in [0.25, 0.3) is 0 Å². The second-order valence-corrected chi connectivity index (χ2v) is 2.67. The van der Waals surface area contributed by atoms with E-state index < -0.39 is 18.2 Å². The molecule has 0 spiro atoms. The largest absolute Gasteiger partial charge is 0.394 e. The van der Waals surface area contributed by atoms with E-state index in [1.165, 1.54) is 0 Å². The van der Waals surface area contributed by atoms with Gasteiger partial charge in [-0.2, -0.15) is 0 Å². The Morgan fingerprint density at radius 3 is 2.08 bits per heavy atom. The first-order valence-electron chi connectivity index (χ1n) is 3.36. The van der Waals surface area contributed by atoms with Crippen molar-refractivity contribution in [1.82, 2.24) is 0 Å². The van der Waals surface area contributed by atoms with Crippen LogP contribution >= 0.6 is 0 Å². The first-order valence-corrected chi connectivity index (χ1v) is 3.36. The van der Waals surface area contributed by atoms with Crippen molar-refractivity contribution in [1.29, 1.82) is 0 Å². The molecule has 4 atom stereocenters. The molecular weight excluding hydrogens is 499 g/mol. The number of hydrogen-bond donors (Lipinski definition) is 2. The van der Waals surface area contributed by atoms with Gasteiger partial charge in [0.2, 0.25) is 0 Å². The van der Waals surface area contributed by atoms with Crippen molar-refractivity contribution in [3.8, 4) is 0 Å². The van der Waals surface area contributed by atoms with Gasteiger partial charge < -0.3 is 14.9 Å². The molecule has 1 fully saturated rings. The van der Waals surface area contributed by atoms with Crippen LogP contribution in [0.3, 0.4) is 0 Å². The Morgan fingerprint density at radius 1 is 1.42 bits per heavy atom. The zero-order valence-corrected chi connectivity index (χ0v) is 12.6. The van der Waals surface area contributed by atoms with Crippen LogP contribution in [0.1, 0.15) is 6.92 Å². The maximum Gasteiger partial charge on any atom is 0.109 e. The van der Waals surface area contributed by atoms with E-state index in [9.17, 15) is 5.11 Å². The predicted octanol–water partition coefficient (Wildman–Crippen LogP) is -1.14. The van der Waals surface area contributed by atoms with Crippen LogP contribution < -0.4 is 0 Å². The van der Waals surface area contributed by atoms with Gasteiger partial charge in [-0.3, -0.25) is 0 Å². The van der Waals surface area contributed by atoms with Gasteiger partial charge in [0.1, 0.15) is 14.0 Å². The summed E-state index contributed by atoms with van der Waals surface area (Å²) in [4.78, 5) is 0. The van der Waals surface area contributed by atoms with E-state index in [1.54, 1.807) is 6.92 Å². The first kappa shape index (κ1) is 15.8. The van der Waals surface area contributed by atoms with Gasteiger partial charge in [0.05, 0.1) is 12.7 Å². The SMILES string of the molecule is [B][C@@H]1O[C@H](CO)C(O)[C@@H]1C.[W].[W]. The molecule has 3 nitrogen and oxygen atoms in total. The topological polar surface area (TPSA) is 49.7 Å². The molecular formula is C6H11BO3W2. The minimum atomic E-state index is -0.625. The third-order valence-corrected chi connectivity index (χ3v) is 1.95. The van der Waals surface area contributed by atoms with Crippen molar-refractivity contribution in [2.24, 2.45) is 5.92 Å². The van der Waals surface area contributed by atoms with Crippen molar-refractivity contribution in [2.45, 2.75) is 25.1 Å². The Hall–Kier alpha value is 1.32. The fourth-order valence-electron chi connectivity index (χ4n) is 1.09. The quantitative estimate of drug-likeness (QED) is 0.440. The standard InChI is InChI=1S/C6H11BO3.2W/c1-3-5(9)4(2-8)10-6(3)7;;/h3-6,8-9H,2H2,1H3;;/t3-,4+,5?,6+;;/m0../s1. The van der Waals surface area contributed by atoms with E-state index in [4.69, 9.17) is 17.7 Å². The summed E-state index contributed by atoms with van der Waals surface area (Å²) in [6.45, 7) is 1.63. The summed E-state index contributed by atoms with van der Waals surface area (Å²) in [7, 11) is 5.44. The molecule has 0 aromatic heterocycles. The Labute approximate surface area is 102 Å². The van der Waals surface area contributed by atoms with Gasteiger partial charge in [-0.15, -0.1) is 0 Å². The van der Waals surface area contributed by atoms with E-state index in [2.05, 4.69) is 0 Å². The normalized spacial score (nSPS) is 39.9. The van der Waals surface area contributed by atoms with Crippen molar-refractivity contribution in [3.05, 3.63) is 0 Å². The van der Waals surface area contributed by atoms with Crippen molar-refractivity contribution in [3.63, 3.8) is 0 Å². The summed E-state index contributed by atoms with van der Waals surface area (Å²) in [5, 5.41) is 17.9. The zero-order valence-electron chi connectivity index (χ0n) is 6.71. The second kappa shape index (κ2) is 6.73. The number of rotatable bonds is 1. The second-order valence-electron chi connectivity index (χ2n) is 2.67. The van der Waals surface area contributed by atoms with Crippen molar-refractivity contribution < 1.29 is 57.1 Å². The Morgan fingerprint density at radius 2 is 1.92 bits per heavy atom. The molecule has 2 N–H and O–H groups in total. The third-order valence-electron chi connectivity index (χ3n) is 1.95. The van der Waals surface area contributed by atoms with Crippen LogP contribution in [0.2, 0.25) is 0 Å². The van der Waals surface area contributed by atoms with E-state index in [1.807, 2.05) is 0 Å². The van der Waals surface area contributed by atoms with Gasteiger partial charge in [-0.05, 0) is 0 Å². The van der Waals surface area contributed by atoms with Crippen LogP contribution in [-0.2, 0) is 46.9 Å². The van der Waals surface area contributed by atoms with Gasteiger partial charge in [-0.1, -0.05) is 6.92 Å². The van der Waals surface area contributed by atoms with E-state index in [0.717, 1.165) is 0 Å². The van der Waals surface area contributed by atoms with Gasteiger partial charge in [0, 0.05) is 54.1 Å². The van der Waals surface area contributed by atoms with E-state index in [0.29, 0.717) is 0 Å². The number of aliphatic hydroxyl groups is 2. The monoisotopic (exact) mass is 510 g/mol. The maximum atomic E-state index is 9.26. The number of hydrogen-bond acceptors (Lipinski definition) is 3. The van der Waals surface area contributed by atoms with Crippen LogP contribution in [0.5, 0.6) is 0 Å². The van der Waals surface area contributed by atoms with Gasteiger partial charge in [0.15, 0.2) is 0 Å². The summed E-state index contributed by atoms with van der Waals surface area (Å²) >= 11 is 0. The fraction of sp³-hybridized carbons (Fsp3) is 1.00. The summed E-state index contributed by atoms with van der Waals surface area (Å²) < 4.78 is 5.01. The fourth-order valence-corrected chi connectivity index (χ4v) is 1.09. The van der Waals surface area contributed by atoms with Gasteiger partial charge in [-0.25, -0.2) is 0 Å². The molecule has 1 aliphatic heterocycles. The molecule has 0 aliphatic carbocycles. The average molecular weight is 510 g/mol. The molecule has 1 rings (SSSR count). The first-order chi connectivity index (χ1) is 4.66. The van der Waals surface area contributed by atoms with E-state index in [-0.39, 0.29) is 54.7 Å². The van der Waals surface area contributed by atoms with Crippen LogP contribution in [0.4, 0.5) is 0 Å². The van der Waals surface area contributed by atoms with E-state index >= 15 is 0 Å². The van der Waals surface area contributed by atoms with Crippen molar-refractivity contribution in [2.75, 3.05) is 6.61 Å². The summed E-state index contributed by atoms with van der Waals surface area (Å²) in [5.74, 6) is -0.0860. The predicted molar refractivity (Wildman–Crippen MR) is 36.7 cm³/mol. The molecule has 2 radical (unpaired) electrons. The molecule has 0 bridgehead atoms. The Bertz CT molecular complexity index is 127. The molecule has 12 heavy (non-hydrogen) atoms. The molecule has 1 unspecified atom stereocenters. The molecule has 1 saturated heterocycles. The molecule has 0 aromatic rings. The molecule has 68 valence electrons. The molecule has 6 heteroatoms. The smallest absolute Gasteiger partial charge is 0.109 e. The molecule has 0 saturated carbocycles. The molecule has 1 heterocycles. The molecule has 1 aliphatic rings. The number of ether oxygens (including phenoxy) is 1. The number of aliphatic hydroxyl groups excluding tert-OH is 2. The molecule has 0 aromatic carbocycles. The van der Waals surface area contributed by atoms with Crippen molar-refractivity contribution >= 4 is 7.85 Å². The van der Waals surface area contributed by atoms with Crippen LogP contribution in [0, 0.1) is 5.92 Å². The van der Waals surface area contributed by atoms with Gasteiger partial charge in [0.25, 0.3) is 0 Å². The third kappa shape index (κ3) is 3.23. The average Bonchev–Trinajstić information content (AvgIpc) is 2.17. The maximum absolute atomic E-state index is 9.26. The minimum Gasteiger partial charge on any atom is -0.394 e. The van der Waals surface area contributed by atoms with Crippen LogP contribution in [-0.4, -0.2) is 42.9 Å². The summed E-state index contributed by atoms with van der Waals surface area (Å²) in [6.07, 6.45) is -1.12.